The van der Waals surface area contributed by atoms with E-state index < -0.39 is 0 Å². The van der Waals surface area contributed by atoms with E-state index in [0.717, 1.165) is 0 Å². The van der Waals surface area contributed by atoms with E-state index in [0.29, 0.717) is 0 Å². The lowest BCUT2D eigenvalue weighted by atomic mass is 9.81. The summed E-state index contributed by atoms with van der Waals surface area (Å²) in [5, 5.41) is 27.8. The minimum Gasteiger partial charge on any atom is -0.0622 e. The third-order valence-electron chi connectivity index (χ3n) is 31.4. The predicted molar refractivity (Wildman–Crippen MR) is 640 cm³/mol. The van der Waals surface area contributed by atoms with Crippen LogP contribution >= 0.6 is 0 Å². The van der Waals surface area contributed by atoms with Gasteiger partial charge in [-0.1, -0.05) is 542 Å². The normalized spacial score (nSPS) is 12.0. The standard InChI is InChI=1S/C51H36.C50H32.C48H32/c1-51(2)47-19-11-10-16-41(47)42-28-26-39(32-48(42)51)38-27-29-45-46(31-38)50(40-25-22-34-14-6-7-15-37(34)30-40)44-18-9-8-17-43(44)49(45)36-23-20-35(21-24-36)33-12-4-3-5-13-33;1-2-12-33(13-3-1)35-22-25-36(26-23-35)49-44-20-10-11-21-45(44)50(40-27-24-34-14-4-5-15-37(34)30-40)48-32-39(28-29-46(48)49)47-31-38-16-6-7-17-41(38)42-18-8-9-19-43(42)47;1-3-12-33(13-4-1)35-22-24-37(25-23-35)40-30-31-45-46(32-40)48(42-21-11-17-38-16-7-8-18-41(38)42)44-20-10-9-19-43(44)47(45)39-28-26-36(27-29-39)34-14-5-2-6-15-34/h3-32H,1-2H3;1-32H;1-32H. The molecular formula is C149H100. The van der Waals surface area contributed by atoms with Gasteiger partial charge in [0.25, 0.3) is 0 Å². The van der Waals surface area contributed by atoms with Gasteiger partial charge in [0.15, 0.2) is 0 Å². The maximum atomic E-state index is 2.45. The van der Waals surface area contributed by atoms with Crippen LogP contribution < -0.4 is 0 Å². The van der Waals surface area contributed by atoms with Crippen LogP contribution in [0.15, 0.2) is 570 Å². The van der Waals surface area contributed by atoms with Crippen molar-refractivity contribution in [2.45, 2.75) is 19.3 Å². The van der Waals surface area contributed by atoms with Crippen molar-refractivity contribution < 1.29 is 0 Å². The van der Waals surface area contributed by atoms with Gasteiger partial charge in [0.1, 0.15) is 0 Å². The highest BCUT2D eigenvalue weighted by atomic mass is 14.4. The van der Waals surface area contributed by atoms with Gasteiger partial charge in [-0.3, -0.25) is 0 Å². The third-order valence-corrected chi connectivity index (χ3v) is 31.4. The highest BCUT2D eigenvalue weighted by molar-refractivity contribution is 6.27. The molecule has 0 heterocycles. The Labute approximate surface area is 868 Å². The zero-order chi connectivity index (χ0) is 99.0. The molecule has 0 atom stereocenters. The summed E-state index contributed by atoms with van der Waals surface area (Å²) < 4.78 is 0. The Morgan fingerprint density at radius 2 is 0.362 bits per heavy atom. The molecule has 1 aliphatic rings. The Morgan fingerprint density at radius 3 is 0.812 bits per heavy atom. The molecule has 0 aliphatic heterocycles. The number of benzene rings is 28. The smallest absolute Gasteiger partial charge is 0.0159 e. The zero-order valence-corrected chi connectivity index (χ0v) is 82.8. The molecule has 0 aromatic heterocycles. The Hall–Kier alpha value is -19.0. The summed E-state index contributed by atoms with van der Waals surface area (Å²) in [7, 11) is 0. The number of fused-ring (bicyclic) bond motifs is 15. The van der Waals surface area contributed by atoms with Gasteiger partial charge in [0, 0.05) is 5.41 Å². The molecule has 0 fully saturated rings. The molecular weight excluding hydrogens is 1790 g/mol. The van der Waals surface area contributed by atoms with Crippen LogP contribution in [0.3, 0.4) is 0 Å². The molecule has 0 bridgehead atoms. The van der Waals surface area contributed by atoms with Crippen molar-refractivity contribution in [2.24, 2.45) is 0 Å². The Kier molecular flexibility index (Phi) is 22.5. The van der Waals surface area contributed by atoms with E-state index >= 15 is 0 Å². The highest BCUT2D eigenvalue weighted by Gasteiger charge is 2.36. The van der Waals surface area contributed by atoms with Gasteiger partial charge in [0.05, 0.1) is 0 Å². The summed E-state index contributed by atoms with van der Waals surface area (Å²) >= 11 is 0. The second-order valence-electron chi connectivity index (χ2n) is 40.2. The van der Waals surface area contributed by atoms with Crippen molar-refractivity contribution >= 4 is 118 Å². The summed E-state index contributed by atoms with van der Waals surface area (Å²) in [5.41, 5.74) is 37.7. The molecule has 149 heavy (non-hydrogen) atoms. The van der Waals surface area contributed by atoms with E-state index in [1.165, 1.54) is 285 Å². The van der Waals surface area contributed by atoms with Gasteiger partial charge in [0.2, 0.25) is 0 Å². The molecule has 696 valence electrons. The van der Waals surface area contributed by atoms with Crippen molar-refractivity contribution in [3.05, 3.63) is 581 Å². The largest absolute Gasteiger partial charge is 0.0622 e. The first kappa shape index (κ1) is 88.9. The molecule has 0 N–H and O–H groups in total. The van der Waals surface area contributed by atoms with Crippen molar-refractivity contribution in [1.82, 2.24) is 0 Å². The predicted octanol–water partition coefficient (Wildman–Crippen LogP) is 41.7. The molecule has 1 aliphatic carbocycles. The van der Waals surface area contributed by atoms with Crippen LogP contribution in [-0.4, -0.2) is 0 Å². The summed E-state index contributed by atoms with van der Waals surface area (Å²) in [5.74, 6) is 0. The van der Waals surface area contributed by atoms with Crippen LogP contribution in [0.2, 0.25) is 0 Å². The Morgan fingerprint density at radius 1 is 0.101 bits per heavy atom. The van der Waals surface area contributed by atoms with Gasteiger partial charge >= 0.3 is 0 Å². The van der Waals surface area contributed by atoms with E-state index in [2.05, 4.69) is 584 Å². The zero-order valence-electron chi connectivity index (χ0n) is 82.8. The van der Waals surface area contributed by atoms with Crippen molar-refractivity contribution in [2.75, 3.05) is 0 Å². The summed E-state index contributed by atoms with van der Waals surface area (Å²) in [6, 6.07) is 210. The molecule has 28 aromatic carbocycles. The monoisotopic (exact) mass is 1890 g/mol. The van der Waals surface area contributed by atoms with Crippen LogP contribution in [0.1, 0.15) is 25.0 Å². The van der Waals surface area contributed by atoms with Crippen LogP contribution in [-0.2, 0) is 5.41 Å². The number of rotatable bonds is 13. The Balaban J connectivity index is 0.000000110. The summed E-state index contributed by atoms with van der Waals surface area (Å²) in [6.45, 7) is 4.72. The molecule has 0 amide bonds. The second kappa shape index (κ2) is 37.6. The van der Waals surface area contributed by atoms with Gasteiger partial charge < -0.3 is 0 Å². The lowest BCUT2D eigenvalue weighted by molar-refractivity contribution is 0.660. The van der Waals surface area contributed by atoms with Crippen LogP contribution in [0.5, 0.6) is 0 Å². The highest BCUT2D eigenvalue weighted by Crippen LogP contribution is 2.55. The lowest BCUT2D eigenvalue weighted by Crippen LogP contribution is -2.14. The van der Waals surface area contributed by atoms with Crippen LogP contribution in [0.25, 0.3) is 274 Å². The van der Waals surface area contributed by atoms with E-state index in [1.807, 2.05) is 0 Å². The van der Waals surface area contributed by atoms with Crippen molar-refractivity contribution in [1.29, 1.82) is 0 Å². The summed E-state index contributed by atoms with van der Waals surface area (Å²) in [6.07, 6.45) is 0. The quantitative estimate of drug-likeness (QED) is 0.0797. The fraction of sp³-hybridized carbons (Fsp3) is 0.0201. The van der Waals surface area contributed by atoms with Crippen molar-refractivity contribution in [3.8, 4) is 156 Å². The molecule has 0 spiro atoms. The molecule has 0 radical (unpaired) electrons. The van der Waals surface area contributed by atoms with E-state index in [1.54, 1.807) is 0 Å². The molecule has 0 unspecified atom stereocenters. The summed E-state index contributed by atoms with van der Waals surface area (Å²) in [4.78, 5) is 0. The minimum atomic E-state index is -0.0513. The van der Waals surface area contributed by atoms with Crippen LogP contribution in [0.4, 0.5) is 0 Å². The fourth-order valence-electron chi connectivity index (χ4n) is 24.1. The Bertz CT molecular complexity index is 10100. The first-order valence-corrected chi connectivity index (χ1v) is 51.9. The van der Waals surface area contributed by atoms with Gasteiger partial charge in [-0.2, -0.15) is 0 Å². The third kappa shape index (κ3) is 16.1. The molecule has 0 saturated carbocycles. The molecule has 0 nitrogen and oxygen atoms in total. The van der Waals surface area contributed by atoms with Crippen molar-refractivity contribution in [3.63, 3.8) is 0 Å². The van der Waals surface area contributed by atoms with Gasteiger partial charge in [-0.05, 0) is 328 Å². The van der Waals surface area contributed by atoms with Crippen LogP contribution in [0, 0.1) is 0 Å². The van der Waals surface area contributed by atoms with Gasteiger partial charge in [-0.25, -0.2) is 0 Å². The average molecular weight is 1890 g/mol. The van der Waals surface area contributed by atoms with E-state index in [-0.39, 0.29) is 5.41 Å². The topological polar surface area (TPSA) is 0 Å². The average Bonchev–Trinajstić information content (AvgIpc) is 1.70. The molecule has 29 rings (SSSR count). The van der Waals surface area contributed by atoms with Gasteiger partial charge in [-0.15, -0.1) is 0 Å². The number of hydrogen-bond donors (Lipinski definition) is 0. The fourth-order valence-corrected chi connectivity index (χ4v) is 24.1. The van der Waals surface area contributed by atoms with E-state index in [9.17, 15) is 0 Å². The van der Waals surface area contributed by atoms with E-state index in [4.69, 9.17) is 0 Å². The maximum Gasteiger partial charge on any atom is 0.0159 e. The first-order chi connectivity index (χ1) is 73.7. The SMILES string of the molecule is CC1(C)c2ccccc2-c2ccc(-c3ccc4c(-c5ccc(-c6ccccc6)cc5)c5ccccc5c(-c5ccc6ccccc6c5)c4c3)cc21.c1ccc(-c2ccc(-c3c4ccccc4c(-c4ccc5ccccc5c4)c4cc(-c5cc6ccccc6c6ccccc56)ccc34)cc2)cc1.c1ccc(-c2ccc(-c3ccc4c(-c5ccc(-c6ccccc6)cc5)c5ccccc5c(-c5cccc6ccccc56)c4c3)cc2)cc1. The number of hydrogen-bond acceptors (Lipinski definition) is 0. The lowest BCUT2D eigenvalue weighted by Gasteiger charge is -2.22. The molecule has 28 aromatic rings. The second-order valence-corrected chi connectivity index (χ2v) is 40.2. The first-order valence-electron chi connectivity index (χ1n) is 51.9. The molecule has 0 heteroatoms. The maximum absolute atomic E-state index is 2.45. The molecule has 0 saturated heterocycles. The minimum absolute atomic E-state index is 0.0513.